The maximum atomic E-state index is 12.3. The van der Waals surface area contributed by atoms with Crippen LogP contribution in [-0.2, 0) is 17.6 Å². The first kappa shape index (κ1) is 14.5. The zero-order chi connectivity index (χ0) is 13.7. The van der Waals surface area contributed by atoms with E-state index in [4.69, 9.17) is 5.73 Å². The van der Waals surface area contributed by atoms with Crippen molar-refractivity contribution in [2.75, 3.05) is 13.1 Å². The number of aryl methyl sites for hydroxylation is 1. The summed E-state index contributed by atoms with van der Waals surface area (Å²) in [6.45, 7) is 3.74. The van der Waals surface area contributed by atoms with E-state index in [-0.39, 0.29) is 5.91 Å². The highest BCUT2D eigenvalue weighted by Crippen LogP contribution is 2.18. The molecule has 0 aromatic carbocycles. The fraction of sp³-hybridized carbons (Fsp3) is 0.714. The summed E-state index contributed by atoms with van der Waals surface area (Å²) >= 11 is 1.64. The lowest BCUT2D eigenvalue weighted by Crippen LogP contribution is -2.42. The zero-order valence-corrected chi connectivity index (χ0v) is 12.4. The van der Waals surface area contributed by atoms with Gasteiger partial charge in [0.15, 0.2) is 0 Å². The van der Waals surface area contributed by atoms with Crippen LogP contribution in [0.1, 0.15) is 43.3 Å². The van der Waals surface area contributed by atoms with Gasteiger partial charge in [0.25, 0.3) is 0 Å². The SMILES string of the molecule is CC1CCCCN1C(=O)Cc1csc(CCCN)n1. The molecular formula is C14H23N3OS. The van der Waals surface area contributed by atoms with Gasteiger partial charge in [-0.2, -0.15) is 0 Å². The Kier molecular flexibility index (Phi) is 5.34. The molecule has 1 amide bonds. The van der Waals surface area contributed by atoms with Crippen molar-refractivity contribution in [3.8, 4) is 0 Å². The van der Waals surface area contributed by atoms with Gasteiger partial charge in [0.1, 0.15) is 0 Å². The van der Waals surface area contributed by atoms with E-state index in [1.165, 1.54) is 6.42 Å². The number of nitrogens with zero attached hydrogens (tertiary/aromatic N) is 2. The number of rotatable bonds is 5. The summed E-state index contributed by atoms with van der Waals surface area (Å²) in [6.07, 6.45) is 5.84. The van der Waals surface area contributed by atoms with Crippen LogP contribution in [0.25, 0.3) is 0 Å². The lowest BCUT2D eigenvalue weighted by Gasteiger charge is -2.33. The van der Waals surface area contributed by atoms with Crippen LogP contribution in [-0.4, -0.2) is 34.9 Å². The smallest absolute Gasteiger partial charge is 0.228 e. The van der Waals surface area contributed by atoms with E-state index in [1.54, 1.807) is 11.3 Å². The molecule has 1 saturated heterocycles. The number of carbonyl (C=O) groups excluding carboxylic acids is 1. The quantitative estimate of drug-likeness (QED) is 0.897. The van der Waals surface area contributed by atoms with Crippen molar-refractivity contribution in [2.45, 2.75) is 51.5 Å². The summed E-state index contributed by atoms with van der Waals surface area (Å²) < 4.78 is 0. The standard InChI is InChI=1S/C14H23N3OS/c1-11-5-2-3-8-17(11)14(18)9-12-10-19-13(16-12)6-4-7-15/h10-11H,2-9,15H2,1H3. The molecule has 1 aliphatic rings. The fourth-order valence-electron chi connectivity index (χ4n) is 2.52. The van der Waals surface area contributed by atoms with Gasteiger partial charge in [-0.1, -0.05) is 0 Å². The van der Waals surface area contributed by atoms with Crippen molar-refractivity contribution < 1.29 is 4.79 Å². The van der Waals surface area contributed by atoms with Crippen molar-refractivity contribution in [3.05, 3.63) is 16.1 Å². The first-order chi connectivity index (χ1) is 9.20. The van der Waals surface area contributed by atoms with Crippen LogP contribution in [0, 0.1) is 0 Å². The molecule has 0 radical (unpaired) electrons. The van der Waals surface area contributed by atoms with Crippen LogP contribution in [0.3, 0.4) is 0 Å². The van der Waals surface area contributed by atoms with E-state index in [9.17, 15) is 4.79 Å². The summed E-state index contributed by atoms with van der Waals surface area (Å²) in [4.78, 5) is 18.8. The van der Waals surface area contributed by atoms with Crippen LogP contribution < -0.4 is 5.73 Å². The first-order valence-electron chi connectivity index (χ1n) is 7.13. The number of carbonyl (C=O) groups is 1. The predicted octanol–water partition coefficient (Wildman–Crippen LogP) is 1.98. The van der Waals surface area contributed by atoms with Gasteiger partial charge >= 0.3 is 0 Å². The van der Waals surface area contributed by atoms with E-state index >= 15 is 0 Å². The molecule has 2 rings (SSSR count). The molecule has 2 heterocycles. The van der Waals surface area contributed by atoms with E-state index in [2.05, 4.69) is 11.9 Å². The van der Waals surface area contributed by atoms with Gasteiger partial charge in [-0.05, 0) is 39.2 Å². The molecule has 0 bridgehead atoms. The zero-order valence-electron chi connectivity index (χ0n) is 11.6. The maximum absolute atomic E-state index is 12.3. The van der Waals surface area contributed by atoms with Crippen molar-refractivity contribution in [1.29, 1.82) is 0 Å². The summed E-state index contributed by atoms with van der Waals surface area (Å²) in [5.41, 5.74) is 6.41. The second kappa shape index (κ2) is 7.01. The number of thiazole rings is 1. The highest BCUT2D eigenvalue weighted by Gasteiger charge is 2.23. The van der Waals surface area contributed by atoms with Crippen LogP contribution in [0.2, 0.25) is 0 Å². The van der Waals surface area contributed by atoms with Gasteiger partial charge in [-0.15, -0.1) is 11.3 Å². The molecule has 1 aromatic rings. The number of piperidine rings is 1. The summed E-state index contributed by atoms with van der Waals surface area (Å²) in [6, 6.07) is 0.386. The van der Waals surface area contributed by atoms with Crippen LogP contribution in [0.4, 0.5) is 0 Å². The van der Waals surface area contributed by atoms with E-state index in [0.717, 1.165) is 42.9 Å². The minimum absolute atomic E-state index is 0.225. The number of nitrogens with two attached hydrogens (primary N) is 1. The molecule has 106 valence electrons. The van der Waals surface area contributed by atoms with Gasteiger partial charge < -0.3 is 10.6 Å². The van der Waals surface area contributed by atoms with Crippen molar-refractivity contribution in [1.82, 2.24) is 9.88 Å². The average Bonchev–Trinajstić information content (AvgIpc) is 2.84. The molecular weight excluding hydrogens is 258 g/mol. The molecule has 5 heteroatoms. The van der Waals surface area contributed by atoms with Gasteiger partial charge in [0.2, 0.25) is 5.91 Å². The third kappa shape index (κ3) is 4.01. The second-order valence-electron chi connectivity index (χ2n) is 5.23. The number of amides is 1. The van der Waals surface area contributed by atoms with Gasteiger partial charge in [-0.3, -0.25) is 4.79 Å². The van der Waals surface area contributed by atoms with Gasteiger partial charge in [0, 0.05) is 24.4 Å². The Bertz CT molecular complexity index is 419. The Morgan fingerprint density at radius 2 is 2.42 bits per heavy atom. The molecule has 1 unspecified atom stereocenters. The molecule has 4 nitrogen and oxygen atoms in total. The predicted molar refractivity (Wildman–Crippen MR) is 78.2 cm³/mol. The van der Waals surface area contributed by atoms with Crippen molar-refractivity contribution >= 4 is 17.2 Å². The maximum Gasteiger partial charge on any atom is 0.228 e. The Balaban J connectivity index is 1.89. The molecule has 19 heavy (non-hydrogen) atoms. The van der Waals surface area contributed by atoms with E-state index in [1.807, 2.05) is 10.3 Å². The number of hydrogen-bond donors (Lipinski definition) is 1. The highest BCUT2D eigenvalue weighted by molar-refractivity contribution is 7.09. The summed E-state index contributed by atoms with van der Waals surface area (Å²) in [5, 5.41) is 3.11. The molecule has 0 spiro atoms. The summed E-state index contributed by atoms with van der Waals surface area (Å²) in [7, 11) is 0. The number of hydrogen-bond acceptors (Lipinski definition) is 4. The van der Waals surface area contributed by atoms with Gasteiger partial charge in [-0.25, -0.2) is 4.98 Å². The molecule has 1 atom stereocenters. The Labute approximate surface area is 119 Å². The highest BCUT2D eigenvalue weighted by atomic mass is 32.1. The monoisotopic (exact) mass is 281 g/mol. The van der Waals surface area contributed by atoms with E-state index < -0.39 is 0 Å². The third-order valence-electron chi connectivity index (χ3n) is 3.65. The molecule has 2 N–H and O–H groups in total. The minimum Gasteiger partial charge on any atom is -0.340 e. The topological polar surface area (TPSA) is 59.2 Å². The first-order valence-corrected chi connectivity index (χ1v) is 8.01. The van der Waals surface area contributed by atoms with Crippen LogP contribution in [0.15, 0.2) is 5.38 Å². The normalized spacial score (nSPS) is 19.7. The Morgan fingerprint density at radius 3 is 3.16 bits per heavy atom. The van der Waals surface area contributed by atoms with Crippen LogP contribution in [0.5, 0.6) is 0 Å². The largest absolute Gasteiger partial charge is 0.340 e. The molecule has 1 aromatic heterocycles. The molecule has 0 saturated carbocycles. The van der Waals surface area contributed by atoms with E-state index in [0.29, 0.717) is 19.0 Å². The molecule has 0 aliphatic carbocycles. The van der Waals surface area contributed by atoms with Gasteiger partial charge in [0.05, 0.1) is 17.1 Å². The van der Waals surface area contributed by atoms with Crippen molar-refractivity contribution in [2.24, 2.45) is 5.73 Å². The lowest BCUT2D eigenvalue weighted by molar-refractivity contribution is -0.133. The second-order valence-corrected chi connectivity index (χ2v) is 6.18. The Morgan fingerprint density at radius 1 is 1.58 bits per heavy atom. The fourth-order valence-corrected chi connectivity index (χ4v) is 3.36. The lowest BCUT2D eigenvalue weighted by atomic mass is 10.0. The summed E-state index contributed by atoms with van der Waals surface area (Å²) in [5.74, 6) is 0.225. The Hall–Kier alpha value is -0.940. The third-order valence-corrected chi connectivity index (χ3v) is 4.61. The molecule has 1 aliphatic heterocycles. The average molecular weight is 281 g/mol. The number of likely N-dealkylation sites (tertiary alicyclic amines) is 1. The molecule has 1 fully saturated rings. The minimum atomic E-state index is 0.225. The number of aromatic nitrogens is 1. The van der Waals surface area contributed by atoms with Crippen molar-refractivity contribution in [3.63, 3.8) is 0 Å². The van der Waals surface area contributed by atoms with Crippen LogP contribution >= 0.6 is 11.3 Å².